The lowest BCUT2D eigenvalue weighted by Crippen LogP contribution is -2.28. The normalized spacial score (nSPS) is 12.6. The maximum atomic E-state index is 12.7. The van der Waals surface area contributed by atoms with Crippen LogP contribution in [0.25, 0.3) is 5.69 Å². The van der Waals surface area contributed by atoms with Gasteiger partial charge in [-0.2, -0.15) is 5.10 Å². The molecule has 0 aliphatic rings. The second-order valence-electron chi connectivity index (χ2n) is 8.15. The zero-order chi connectivity index (χ0) is 21.2. The average molecular weight is 430 g/mol. The Morgan fingerprint density at radius 1 is 1.07 bits per heavy atom. The van der Waals surface area contributed by atoms with Crippen molar-refractivity contribution in [3.63, 3.8) is 0 Å². The van der Waals surface area contributed by atoms with Gasteiger partial charge in [0.25, 0.3) is 0 Å². The van der Waals surface area contributed by atoms with Crippen molar-refractivity contribution in [2.45, 2.75) is 45.6 Å². The Kier molecular flexibility index (Phi) is 6.35. The lowest BCUT2D eigenvalue weighted by Gasteiger charge is -2.14. The molecule has 0 spiro atoms. The number of rotatable bonds is 5. The zero-order valence-electron chi connectivity index (χ0n) is 17.0. The van der Waals surface area contributed by atoms with E-state index in [4.69, 9.17) is 28.3 Å². The first-order valence-electron chi connectivity index (χ1n) is 9.53. The first kappa shape index (κ1) is 21.4. The van der Waals surface area contributed by atoms with Gasteiger partial charge in [0.1, 0.15) is 0 Å². The van der Waals surface area contributed by atoms with Gasteiger partial charge in [0.05, 0.1) is 29.5 Å². The maximum Gasteiger partial charge on any atom is 0.227 e. The van der Waals surface area contributed by atoms with E-state index in [1.807, 2.05) is 54.1 Å². The van der Waals surface area contributed by atoms with Gasteiger partial charge in [-0.3, -0.25) is 4.79 Å². The van der Waals surface area contributed by atoms with Crippen molar-refractivity contribution in [3.8, 4) is 5.69 Å². The van der Waals surface area contributed by atoms with Crippen LogP contribution >= 0.6 is 23.2 Å². The molecule has 0 bridgehead atoms. The maximum absolute atomic E-state index is 12.7. The Morgan fingerprint density at radius 3 is 2.38 bits per heavy atom. The minimum Gasteiger partial charge on any atom is -0.350 e. The zero-order valence-corrected chi connectivity index (χ0v) is 18.6. The quantitative estimate of drug-likeness (QED) is 0.548. The van der Waals surface area contributed by atoms with Crippen molar-refractivity contribution in [2.75, 3.05) is 0 Å². The largest absolute Gasteiger partial charge is 0.350 e. The first-order chi connectivity index (χ1) is 13.6. The molecule has 1 heterocycles. The number of benzene rings is 2. The van der Waals surface area contributed by atoms with E-state index in [-0.39, 0.29) is 17.2 Å². The van der Waals surface area contributed by atoms with E-state index in [1.165, 1.54) is 0 Å². The van der Waals surface area contributed by atoms with E-state index >= 15 is 0 Å². The SMILES string of the molecule is CC(C(=O)NCc1cc(C(C)(C)C)nn1-c1cccc(Cl)c1)c1ccc(Cl)cc1. The number of hydrogen-bond donors (Lipinski definition) is 1. The van der Waals surface area contributed by atoms with Crippen LogP contribution in [0.1, 0.15) is 50.6 Å². The molecule has 0 saturated carbocycles. The van der Waals surface area contributed by atoms with Crippen LogP contribution < -0.4 is 5.32 Å². The van der Waals surface area contributed by atoms with Crippen LogP contribution in [-0.2, 0) is 16.8 Å². The van der Waals surface area contributed by atoms with E-state index in [9.17, 15) is 4.79 Å². The highest BCUT2D eigenvalue weighted by molar-refractivity contribution is 6.30. The molecule has 0 radical (unpaired) electrons. The Morgan fingerprint density at radius 2 is 1.76 bits per heavy atom. The summed E-state index contributed by atoms with van der Waals surface area (Å²) in [5, 5.41) is 9.11. The molecular formula is C23H25Cl2N3O. The molecule has 0 saturated heterocycles. The molecule has 0 aliphatic heterocycles. The minimum absolute atomic E-state index is 0.0523. The highest BCUT2D eigenvalue weighted by Crippen LogP contribution is 2.25. The number of hydrogen-bond acceptors (Lipinski definition) is 2. The van der Waals surface area contributed by atoms with E-state index in [1.54, 1.807) is 12.1 Å². The van der Waals surface area contributed by atoms with Gasteiger partial charge < -0.3 is 5.32 Å². The molecule has 0 aliphatic carbocycles. The summed E-state index contributed by atoms with van der Waals surface area (Å²) in [4.78, 5) is 12.7. The summed E-state index contributed by atoms with van der Waals surface area (Å²) in [7, 11) is 0. The lowest BCUT2D eigenvalue weighted by molar-refractivity contribution is -0.122. The lowest BCUT2D eigenvalue weighted by atomic mass is 9.92. The predicted octanol–water partition coefficient (Wildman–Crippen LogP) is 5.90. The minimum atomic E-state index is -0.281. The Balaban J connectivity index is 1.83. The third-order valence-corrected chi connectivity index (χ3v) is 5.30. The predicted molar refractivity (Wildman–Crippen MR) is 119 cm³/mol. The second-order valence-corrected chi connectivity index (χ2v) is 9.03. The molecule has 0 fully saturated rings. The van der Waals surface area contributed by atoms with Crippen molar-refractivity contribution in [3.05, 3.63) is 81.6 Å². The molecule has 4 nitrogen and oxygen atoms in total. The Hall–Kier alpha value is -2.30. The summed E-state index contributed by atoms with van der Waals surface area (Å²) in [5.41, 5.74) is 3.52. The third kappa shape index (κ3) is 5.20. The topological polar surface area (TPSA) is 46.9 Å². The monoisotopic (exact) mass is 429 g/mol. The number of carbonyl (C=O) groups excluding carboxylic acids is 1. The smallest absolute Gasteiger partial charge is 0.227 e. The van der Waals surface area contributed by atoms with Gasteiger partial charge in [-0.25, -0.2) is 4.68 Å². The molecule has 2 aromatic carbocycles. The fraction of sp³-hybridized carbons (Fsp3) is 0.304. The fourth-order valence-electron chi connectivity index (χ4n) is 2.98. The Bertz CT molecular complexity index is 1000. The van der Waals surface area contributed by atoms with Gasteiger partial charge in [0.2, 0.25) is 5.91 Å². The van der Waals surface area contributed by atoms with Crippen molar-refractivity contribution >= 4 is 29.1 Å². The number of amides is 1. The molecule has 1 aromatic heterocycles. The number of aromatic nitrogens is 2. The summed E-state index contributed by atoms with van der Waals surface area (Å²) in [5.74, 6) is -0.333. The molecule has 29 heavy (non-hydrogen) atoms. The summed E-state index contributed by atoms with van der Waals surface area (Å²) < 4.78 is 1.85. The van der Waals surface area contributed by atoms with Gasteiger partial charge in [0.15, 0.2) is 0 Å². The van der Waals surface area contributed by atoms with Gasteiger partial charge in [-0.1, -0.05) is 62.2 Å². The Labute approximate surface area is 181 Å². The summed E-state index contributed by atoms with van der Waals surface area (Å²) in [6, 6.07) is 16.9. The van der Waals surface area contributed by atoms with E-state index < -0.39 is 0 Å². The van der Waals surface area contributed by atoms with Crippen molar-refractivity contribution < 1.29 is 4.79 Å². The van der Waals surface area contributed by atoms with Crippen LogP contribution in [0.3, 0.4) is 0 Å². The van der Waals surface area contributed by atoms with Crippen molar-refractivity contribution in [1.29, 1.82) is 0 Å². The van der Waals surface area contributed by atoms with Crippen LogP contribution in [-0.4, -0.2) is 15.7 Å². The number of nitrogens with zero attached hydrogens (tertiary/aromatic N) is 2. The number of carbonyl (C=O) groups is 1. The van der Waals surface area contributed by atoms with E-state index in [0.717, 1.165) is 22.6 Å². The van der Waals surface area contributed by atoms with E-state index in [2.05, 4.69) is 26.1 Å². The summed E-state index contributed by atoms with van der Waals surface area (Å²) in [6.45, 7) is 8.59. The molecule has 152 valence electrons. The molecule has 3 rings (SSSR count). The summed E-state index contributed by atoms with van der Waals surface area (Å²) >= 11 is 12.1. The van der Waals surface area contributed by atoms with Crippen LogP contribution in [0, 0.1) is 0 Å². The molecule has 1 atom stereocenters. The van der Waals surface area contributed by atoms with E-state index in [0.29, 0.717) is 16.6 Å². The third-order valence-electron chi connectivity index (χ3n) is 4.81. The highest BCUT2D eigenvalue weighted by Gasteiger charge is 2.22. The molecule has 1 amide bonds. The van der Waals surface area contributed by atoms with Crippen LogP contribution in [0.15, 0.2) is 54.6 Å². The molecule has 1 unspecified atom stereocenters. The van der Waals surface area contributed by atoms with Crippen molar-refractivity contribution in [2.24, 2.45) is 0 Å². The van der Waals surface area contributed by atoms with Gasteiger partial charge in [0, 0.05) is 15.5 Å². The van der Waals surface area contributed by atoms with Crippen LogP contribution in [0.5, 0.6) is 0 Å². The summed E-state index contributed by atoms with van der Waals surface area (Å²) in [6.07, 6.45) is 0. The van der Waals surface area contributed by atoms with Crippen LogP contribution in [0.4, 0.5) is 0 Å². The molecular weight excluding hydrogens is 405 g/mol. The van der Waals surface area contributed by atoms with Crippen molar-refractivity contribution in [1.82, 2.24) is 15.1 Å². The van der Waals surface area contributed by atoms with Gasteiger partial charge in [-0.15, -0.1) is 0 Å². The first-order valence-corrected chi connectivity index (χ1v) is 10.3. The highest BCUT2D eigenvalue weighted by atomic mass is 35.5. The average Bonchev–Trinajstić information content (AvgIpc) is 3.11. The van der Waals surface area contributed by atoms with Crippen LogP contribution in [0.2, 0.25) is 10.0 Å². The van der Waals surface area contributed by atoms with Gasteiger partial charge >= 0.3 is 0 Å². The fourth-order valence-corrected chi connectivity index (χ4v) is 3.29. The second kappa shape index (κ2) is 8.60. The number of nitrogens with one attached hydrogen (secondary N) is 1. The number of halogens is 2. The molecule has 6 heteroatoms. The molecule has 3 aromatic rings. The standard InChI is InChI=1S/C23H25Cl2N3O/c1-15(16-8-10-17(24)11-9-16)22(29)26-14-20-13-21(23(2,3)4)27-28(20)19-7-5-6-18(25)12-19/h5-13,15H,14H2,1-4H3,(H,26,29). The van der Waals surface area contributed by atoms with Gasteiger partial charge in [-0.05, 0) is 48.9 Å². The molecule has 1 N–H and O–H groups in total.